The summed E-state index contributed by atoms with van der Waals surface area (Å²) in [6.07, 6.45) is 2.50. The van der Waals surface area contributed by atoms with E-state index in [4.69, 9.17) is 9.72 Å². The van der Waals surface area contributed by atoms with Crippen molar-refractivity contribution in [3.8, 4) is 22.5 Å². The molecule has 0 radical (unpaired) electrons. The third kappa shape index (κ3) is 5.60. The molecule has 10 heteroatoms. The van der Waals surface area contributed by atoms with Crippen LogP contribution in [-0.2, 0) is 9.53 Å². The molecule has 0 aliphatic heterocycles. The number of amides is 2. The number of hydrogen-bond acceptors (Lipinski definition) is 6. The number of nitrogens with zero attached hydrogens (tertiary/aromatic N) is 4. The van der Waals surface area contributed by atoms with Gasteiger partial charge in [0.2, 0.25) is 5.91 Å². The Balaban J connectivity index is 1.62. The first-order valence-corrected chi connectivity index (χ1v) is 10.9. The highest BCUT2D eigenvalue weighted by Crippen LogP contribution is 2.33. The van der Waals surface area contributed by atoms with Crippen LogP contribution in [0.15, 0.2) is 54.9 Å². The second-order valence-corrected chi connectivity index (χ2v) is 8.90. The second-order valence-electron chi connectivity index (χ2n) is 8.90. The summed E-state index contributed by atoms with van der Waals surface area (Å²) >= 11 is 0. The SMILES string of the molecule is Cc1cc(-c2nc3cccnn3c2-c2ccnc(NC(=O)CNC(=O)OC(C)(C)C)c2)ccc1F. The van der Waals surface area contributed by atoms with Crippen LogP contribution in [0.2, 0.25) is 0 Å². The van der Waals surface area contributed by atoms with Crippen LogP contribution in [0.1, 0.15) is 26.3 Å². The number of aryl methyl sites for hydroxylation is 1. The van der Waals surface area contributed by atoms with Crippen molar-refractivity contribution in [2.75, 3.05) is 11.9 Å². The third-order valence-corrected chi connectivity index (χ3v) is 4.92. The number of rotatable bonds is 5. The van der Waals surface area contributed by atoms with Crippen molar-refractivity contribution in [2.45, 2.75) is 33.3 Å². The average molecular weight is 477 g/mol. The molecule has 2 N–H and O–H groups in total. The first-order chi connectivity index (χ1) is 16.6. The first-order valence-electron chi connectivity index (χ1n) is 10.9. The van der Waals surface area contributed by atoms with E-state index in [-0.39, 0.29) is 18.2 Å². The monoisotopic (exact) mass is 476 g/mol. The summed E-state index contributed by atoms with van der Waals surface area (Å²) in [5.74, 6) is -0.483. The Morgan fingerprint density at radius 1 is 1.09 bits per heavy atom. The maximum absolute atomic E-state index is 13.9. The van der Waals surface area contributed by atoms with Crippen LogP contribution in [0.3, 0.4) is 0 Å². The lowest BCUT2D eigenvalue weighted by molar-refractivity contribution is -0.115. The van der Waals surface area contributed by atoms with Gasteiger partial charge < -0.3 is 15.4 Å². The smallest absolute Gasteiger partial charge is 0.408 e. The number of carbonyl (C=O) groups is 2. The van der Waals surface area contributed by atoms with E-state index in [1.165, 1.54) is 6.07 Å². The van der Waals surface area contributed by atoms with Gasteiger partial charge in [-0.2, -0.15) is 5.10 Å². The number of halogens is 1. The van der Waals surface area contributed by atoms with E-state index < -0.39 is 17.6 Å². The van der Waals surface area contributed by atoms with Crippen LogP contribution >= 0.6 is 0 Å². The maximum Gasteiger partial charge on any atom is 0.408 e. The number of hydrogen-bond donors (Lipinski definition) is 2. The van der Waals surface area contributed by atoms with Crippen molar-refractivity contribution >= 4 is 23.5 Å². The summed E-state index contributed by atoms with van der Waals surface area (Å²) in [4.78, 5) is 33.1. The van der Waals surface area contributed by atoms with Gasteiger partial charge in [-0.1, -0.05) is 0 Å². The fraction of sp³-hybridized carbons (Fsp3) is 0.240. The summed E-state index contributed by atoms with van der Waals surface area (Å²) in [6, 6.07) is 11.9. The largest absolute Gasteiger partial charge is 0.444 e. The molecule has 0 unspecified atom stereocenters. The lowest BCUT2D eigenvalue weighted by Gasteiger charge is -2.19. The number of anilines is 1. The highest BCUT2D eigenvalue weighted by atomic mass is 19.1. The molecule has 1 aromatic carbocycles. The van der Waals surface area contributed by atoms with Crippen LogP contribution in [0.5, 0.6) is 0 Å². The molecule has 35 heavy (non-hydrogen) atoms. The molecule has 0 spiro atoms. The molecule has 0 atom stereocenters. The van der Waals surface area contributed by atoms with E-state index in [0.29, 0.717) is 28.2 Å². The Bertz CT molecular complexity index is 1410. The van der Waals surface area contributed by atoms with Gasteiger partial charge in [-0.05, 0) is 75.7 Å². The van der Waals surface area contributed by atoms with Crippen molar-refractivity contribution in [2.24, 2.45) is 0 Å². The van der Waals surface area contributed by atoms with Crippen LogP contribution in [0.4, 0.5) is 15.0 Å². The van der Waals surface area contributed by atoms with Crippen molar-refractivity contribution in [3.05, 3.63) is 66.2 Å². The van der Waals surface area contributed by atoms with Gasteiger partial charge in [0.15, 0.2) is 5.65 Å². The van der Waals surface area contributed by atoms with E-state index in [2.05, 4.69) is 20.7 Å². The van der Waals surface area contributed by atoms with Gasteiger partial charge in [0.25, 0.3) is 0 Å². The minimum absolute atomic E-state index is 0.280. The number of nitrogens with one attached hydrogen (secondary N) is 2. The lowest BCUT2D eigenvalue weighted by atomic mass is 10.0. The van der Waals surface area contributed by atoms with Gasteiger partial charge in [-0.15, -0.1) is 0 Å². The van der Waals surface area contributed by atoms with Gasteiger partial charge in [0.1, 0.15) is 29.5 Å². The first kappa shape index (κ1) is 23.8. The summed E-state index contributed by atoms with van der Waals surface area (Å²) in [5.41, 5.74) is 3.14. The molecule has 4 rings (SSSR count). The number of carbonyl (C=O) groups excluding carboxylic acids is 2. The van der Waals surface area contributed by atoms with Gasteiger partial charge in [0, 0.05) is 23.5 Å². The third-order valence-electron chi connectivity index (χ3n) is 4.92. The molecular formula is C25H25FN6O3. The molecule has 4 aromatic rings. The lowest BCUT2D eigenvalue weighted by Crippen LogP contribution is -2.37. The fourth-order valence-electron chi connectivity index (χ4n) is 3.44. The number of fused-ring (bicyclic) bond motifs is 1. The zero-order valence-electron chi connectivity index (χ0n) is 19.8. The Labute approximate surface area is 201 Å². The normalized spacial score (nSPS) is 11.3. The number of alkyl carbamates (subject to hydrolysis) is 1. The van der Waals surface area contributed by atoms with Crippen LogP contribution in [0.25, 0.3) is 28.2 Å². The number of pyridine rings is 1. The van der Waals surface area contributed by atoms with E-state index in [1.54, 1.807) is 74.9 Å². The van der Waals surface area contributed by atoms with Gasteiger partial charge in [0.05, 0.1) is 5.69 Å². The zero-order valence-corrected chi connectivity index (χ0v) is 19.8. The number of aromatic nitrogens is 4. The summed E-state index contributed by atoms with van der Waals surface area (Å²) < 4.78 is 20.7. The zero-order chi connectivity index (χ0) is 25.2. The van der Waals surface area contributed by atoms with E-state index in [9.17, 15) is 14.0 Å². The minimum atomic E-state index is -0.689. The highest BCUT2D eigenvalue weighted by molar-refractivity contribution is 5.94. The van der Waals surface area contributed by atoms with Crippen molar-refractivity contribution in [3.63, 3.8) is 0 Å². The topological polar surface area (TPSA) is 111 Å². The Morgan fingerprint density at radius 2 is 1.89 bits per heavy atom. The van der Waals surface area contributed by atoms with Crippen LogP contribution in [0, 0.1) is 12.7 Å². The molecule has 3 aromatic heterocycles. The quantitative estimate of drug-likeness (QED) is 0.443. The number of ether oxygens (including phenoxy) is 1. The highest BCUT2D eigenvalue weighted by Gasteiger charge is 2.19. The molecule has 9 nitrogen and oxygen atoms in total. The fourth-order valence-corrected chi connectivity index (χ4v) is 3.44. The molecule has 0 aliphatic carbocycles. The predicted molar refractivity (Wildman–Crippen MR) is 129 cm³/mol. The average Bonchev–Trinajstić information content (AvgIpc) is 3.18. The molecule has 0 bridgehead atoms. The molecule has 0 aliphatic rings. The summed E-state index contributed by atoms with van der Waals surface area (Å²) in [6.45, 7) is 6.62. The summed E-state index contributed by atoms with van der Waals surface area (Å²) in [5, 5.41) is 9.50. The molecule has 2 amide bonds. The van der Waals surface area contributed by atoms with Crippen molar-refractivity contribution in [1.82, 2.24) is 24.9 Å². The van der Waals surface area contributed by atoms with Crippen LogP contribution in [-0.4, -0.2) is 43.7 Å². The molecule has 180 valence electrons. The van der Waals surface area contributed by atoms with Gasteiger partial charge in [-0.25, -0.2) is 23.7 Å². The molecule has 0 saturated heterocycles. The standard InChI is InChI=1S/C25H25FN6O3/c1-15-12-16(7-8-18(15)26)22-23(32-20(31-22)6-5-10-29-32)17-9-11-27-19(13-17)30-21(33)14-28-24(34)35-25(2,3)4/h5-13H,14H2,1-4H3,(H,28,34)(H,27,30,33). The van der Waals surface area contributed by atoms with E-state index >= 15 is 0 Å². The Kier molecular flexibility index (Phi) is 6.46. The van der Waals surface area contributed by atoms with Gasteiger partial charge >= 0.3 is 6.09 Å². The molecule has 0 saturated carbocycles. The molecular weight excluding hydrogens is 451 g/mol. The van der Waals surface area contributed by atoms with E-state index in [0.717, 1.165) is 5.56 Å². The number of benzene rings is 1. The maximum atomic E-state index is 13.9. The Hall–Kier alpha value is -4.34. The Morgan fingerprint density at radius 3 is 2.63 bits per heavy atom. The second kappa shape index (κ2) is 9.49. The van der Waals surface area contributed by atoms with Gasteiger partial charge in [-0.3, -0.25) is 4.79 Å². The molecule has 0 fully saturated rings. The summed E-state index contributed by atoms with van der Waals surface area (Å²) in [7, 11) is 0. The molecule has 3 heterocycles. The minimum Gasteiger partial charge on any atom is -0.444 e. The van der Waals surface area contributed by atoms with Crippen molar-refractivity contribution in [1.29, 1.82) is 0 Å². The number of imidazole rings is 1. The predicted octanol–water partition coefficient (Wildman–Crippen LogP) is 4.37. The van der Waals surface area contributed by atoms with E-state index in [1.807, 2.05) is 6.07 Å². The van der Waals surface area contributed by atoms with Crippen LogP contribution < -0.4 is 10.6 Å². The van der Waals surface area contributed by atoms with Crippen molar-refractivity contribution < 1.29 is 18.7 Å².